The molecule has 2 aromatic carbocycles. The summed E-state index contributed by atoms with van der Waals surface area (Å²) in [5.41, 5.74) is 4.99. The summed E-state index contributed by atoms with van der Waals surface area (Å²) in [5, 5.41) is 8.49. The number of rotatable bonds is 4. The summed E-state index contributed by atoms with van der Waals surface area (Å²) in [7, 11) is 2.17. The van der Waals surface area contributed by atoms with Gasteiger partial charge in [0.1, 0.15) is 5.69 Å². The molecule has 1 N–H and O–H groups in total. The molecule has 0 amide bonds. The van der Waals surface area contributed by atoms with Crippen molar-refractivity contribution < 1.29 is 0 Å². The van der Waals surface area contributed by atoms with Crippen LogP contribution < -0.4 is 10.5 Å². The number of anilines is 1. The van der Waals surface area contributed by atoms with Crippen molar-refractivity contribution in [1.29, 1.82) is 0 Å². The molecule has 1 aliphatic heterocycles. The van der Waals surface area contributed by atoms with Crippen molar-refractivity contribution in [3.63, 3.8) is 0 Å². The minimum absolute atomic E-state index is 0.0352. The Kier molecular flexibility index (Phi) is 4.85. The van der Waals surface area contributed by atoms with Crippen LogP contribution in [-0.4, -0.2) is 52.9 Å². The fourth-order valence-corrected chi connectivity index (χ4v) is 4.05. The van der Waals surface area contributed by atoms with Crippen molar-refractivity contribution in [2.45, 2.75) is 6.54 Å². The Hall–Kier alpha value is -3.38. The molecule has 152 valence electrons. The Morgan fingerprint density at radius 3 is 2.43 bits per heavy atom. The van der Waals surface area contributed by atoms with Gasteiger partial charge in [-0.3, -0.25) is 9.89 Å². The minimum atomic E-state index is -0.0352. The normalized spacial score (nSPS) is 15.0. The van der Waals surface area contributed by atoms with Crippen molar-refractivity contribution in [3.05, 3.63) is 82.8 Å². The molecule has 6 heteroatoms. The molecule has 30 heavy (non-hydrogen) atoms. The summed E-state index contributed by atoms with van der Waals surface area (Å²) < 4.78 is 1.75. The maximum absolute atomic E-state index is 12.5. The smallest absolute Gasteiger partial charge is 0.253 e. The second-order valence-corrected chi connectivity index (χ2v) is 7.96. The van der Waals surface area contributed by atoms with Gasteiger partial charge in [0.2, 0.25) is 0 Å². The first-order valence-electron chi connectivity index (χ1n) is 10.3. The number of aromatic nitrogens is 3. The van der Waals surface area contributed by atoms with Gasteiger partial charge < -0.3 is 14.4 Å². The molecule has 0 spiro atoms. The number of aromatic amines is 1. The number of benzene rings is 2. The van der Waals surface area contributed by atoms with Crippen molar-refractivity contribution in [1.82, 2.24) is 19.7 Å². The van der Waals surface area contributed by atoms with Crippen LogP contribution in [0, 0.1) is 0 Å². The maximum atomic E-state index is 12.5. The van der Waals surface area contributed by atoms with Crippen LogP contribution in [0.5, 0.6) is 0 Å². The number of pyridine rings is 1. The summed E-state index contributed by atoms with van der Waals surface area (Å²) in [6, 6.07) is 20.2. The van der Waals surface area contributed by atoms with Gasteiger partial charge in [-0.05, 0) is 24.7 Å². The highest BCUT2D eigenvalue weighted by molar-refractivity contribution is 5.92. The first kappa shape index (κ1) is 18.6. The van der Waals surface area contributed by atoms with Crippen LogP contribution in [-0.2, 0) is 6.54 Å². The van der Waals surface area contributed by atoms with Gasteiger partial charge in [-0.25, -0.2) is 0 Å². The summed E-state index contributed by atoms with van der Waals surface area (Å²) in [4.78, 5) is 17.3. The summed E-state index contributed by atoms with van der Waals surface area (Å²) in [6.07, 6.45) is 1.91. The van der Waals surface area contributed by atoms with E-state index in [1.807, 2.05) is 36.5 Å². The van der Waals surface area contributed by atoms with Gasteiger partial charge in [0.05, 0.1) is 12.1 Å². The zero-order valence-electron chi connectivity index (χ0n) is 17.1. The number of fused-ring (bicyclic) bond motifs is 1. The molecule has 0 bridgehead atoms. The van der Waals surface area contributed by atoms with Crippen LogP contribution in [0.1, 0.15) is 5.56 Å². The number of H-pyrrole nitrogens is 1. The molecule has 5 rings (SSSR count). The molecule has 0 unspecified atom stereocenters. The number of nitrogens with one attached hydrogen (secondary N) is 1. The third-order valence-corrected chi connectivity index (χ3v) is 5.87. The topological polar surface area (TPSA) is 57.2 Å². The zero-order chi connectivity index (χ0) is 20.5. The number of likely N-dealkylation sites (N-methyl/N-ethyl adjacent to an activating group) is 1. The fraction of sp³-hybridized carbons (Fsp3) is 0.250. The van der Waals surface area contributed by atoms with E-state index in [1.54, 1.807) is 10.6 Å². The van der Waals surface area contributed by atoms with Crippen molar-refractivity contribution in [3.8, 4) is 11.3 Å². The molecule has 6 nitrogen and oxygen atoms in total. The lowest BCUT2D eigenvalue weighted by Gasteiger charge is -2.34. The number of piperazine rings is 1. The molecule has 0 saturated carbocycles. The van der Waals surface area contributed by atoms with E-state index >= 15 is 0 Å². The summed E-state index contributed by atoms with van der Waals surface area (Å²) in [5.74, 6) is 0. The highest BCUT2D eigenvalue weighted by Crippen LogP contribution is 2.27. The van der Waals surface area contributed by atoms with Crippen molar-refractivity contribution >= 4 is 16.6 Å². The average molecular weight is 399 g/mol. The van der Waals surface area contributed by atoms with Gasteiger partial charge >= 0.3 is 0 Å². The lowest BCUT2D eigenvalue weighted by molar-refractivity contribution is 0.313. The average Bonchev–Trinajstić information content (AvgIpc) is 3.18. The first-order chi connectivity index (χ1) is 14.7. The Morgan fingerprint density at radius 2 is 1.70 bits per heavy atom. The second-order valence-electron chi connectivity index (χ2n) is 7.96. The van der Waals surface area contributed by atoms with E-state index in [0.717, 1.165) is 53.9 Å². The maximum Gasteiger partial charge on any atom is 0.253 e. The summed E-state index contributed by atoms with van der Waals surface area (Å²) in [6.45, 7) is 4.82. The van der Waals surface area contributed by atoms with E-state index < -0.39 is 0 Å². The van der Waals surface area contributed by atoms with Crippen LogP contribution in [0.25, 0.3) is 22.2 Å². The van der Waals surface area contributed by atoms with Crippen LogP contribution >= 0.6 is 0 Å². The van der Waals surface area contributed by atoms with E-state index in [1.165, 1.54) is 5.69 Å². The van der Waals surface area contributed by atoms with Gasteiger partial charge in [0, 0.05) is 55.1 Å². The predicted octanol–water partition coefficient (Wildman–Crippen LogP) is 3.19. The SMILES string of the molecule is CN1CCN(c2ccc(-c3n[nH]c4cc(=O)n(Cc5ccccc5)cc34)cc2)CC1. The molecule has 1 saturated heterocycles. The van der Waals surface area contributed by atoms with Gasteiger partial charge in [0.15, 0.2) is 0 Å². The molecule has 3 heterocycles. The van der Waals surface area contributed by atoms with Gasteiger partial charge in [-0.1, -0.05) is 42.5 Å². The monoisotopic (exact) mass is 399 g/mol. The van der Waals surface area contributed by atoms with Crippen LogP contribution in [0.2, 0.25) is 0 Å². The quantitative estimate of drug-likeness (QED) is 0.573. The number of hydrogen-bond donors (Lipinski definition) is 1. The second kappa shape index (κ2) is 7.80. The highest BCUT2D eigenvalue weighted by atomic mass is 16.1. The Bertz CT molecular complexity index is 1200. The van der Waals surface area contributed by atoms with Crippen molar-refractivity contribution in [2.24, 2.45) is 0 Å². The van der Waals surface area contributed by atoms with Crippen LogP contribution in [0.15, 0.2) is 71.7 Å². The first-order valence-corrected chi connectivity index (χ1v) is 10.3. The minimum Gasteiger partial charge on any atom is -0.369 e. The Morgan fingerprint density at radius 1 is 0.967 bits per heavy atom. The largest absolute Gasteiger partial charge is 0.369 e. The molecular formula is C24H25N5O. The highest BCUT2D eigenvalue weighted by Gasteiger charge is 2.15. The van der Waals surface area contributed by atoms with E-state index in [-0.39, 0.29) is 5.56 Å². The van der Waals surface area contributed by atoms with Crippen LogP contribution in [0.3, 0.4) is 0 Å². The van der Waals surface area contributed by atoms with Gasteiger partial charge in [-0.15, -0.1) is 0 Å². The third kappa shape index (κ3) is 3.62. The van der Waals surface area contributed by atoms with Crippen LogP contribution in [0.4, 0.5) is 5.69 Å². The fourth-order valence-electron chi connectivity index (χ4n) is 4.05. The van der Waals surface area contributed by atoms with E-state index in [2.05, 4.69) is 51.3 Å². The Labute approximate surface area is 175 Å². The molecule has 1 fully saturated rings. The van der Waals surface area contributed by atoms with Crippen molar-refractivity contribution in [2.75, 3.05) is 38.1 Å². The lowest BCUT2D eigenvalue weighted by Crippen LogP contribution is -2.44. The predicted molar refractivity (Wildman–Crippen MR) is 121 cm³/mol. The molecule has 4 aromatic rings. The van der Waals surface area contributed by atoms with Gasteiger partial charge in [0.25, 0.3) is 5.56 Å². The molecule has 0 atom stereocenters. The van der Waals surface area contributed by atoms with E-state index in [0.29, 0.717) is 6.54 Å². The third-order valence-electron chi connectivity index (χ3n) is 5.87. The Balaban J connectivity index is 1.45. The van der Waals surface area contributed by atoms with E-state index in [4.69, 9.17) is 0 Å². The molecule has 0 aliphatic carbocycles. The number of nitrogens with zero attached hydrogens (tertiary/aromatic N) is 4. The lowest BCUT2D eigenvalue weighted by atomic mass is 10.1. The zero-order valence-corrected chi connectivity index (χ0v) is 17.1. The standard InChI is InChI=1S/C24H25N5O/c1-27-11-13-28(14-12-27)20-9-7-19(8-10-20)24-21-17-29(16-18-5-3-2-4-6-18)23(30)15-22(21)25-26-24/h2-10,15,17,25H,11-14,16H2,1H3. The molecular weight excluding hydrogens is 374 g/mol. The molecule has 2 aromatic heterocycles. The molecule has 0 radical (unpaired) electrons. The van der Waals surface area contributed by atoms with Gasteiger partial charge in [-0.2, -0.15) is 5.10 Å². The number of hydrogen-bond acceptors (Lipinski definition) is 4. The van der Waals surface area contributed by atoms with E-state index in [9.17, 15) is 4.79 Å². The molecule has 1 aliphatic rings. The summed E-state index contributed by atoms with van der Waals surface area (Å²) >= 11 is 0.